The van der Waals surface area contributed by atoms with Gasteiger partial charge in [0.05, 0.1) is 4.47 Å². The lowest BCUT2D eigenvalue weighted by Gasteiger charge is -2.39. The summed E-state index contributed by atoms with van der Waals surface area (Å²) in [4.78, 5) is 6.98. The lowest BCUT2D eigenvalue weighted by Crippen LogP contribution is -2.38. The molecule has 0 unspecified atom stereocenters. The summed E-state index contributed by atoms with van der Waals surface area (Å²) in [5.41, 5.74) is 1.64. The highest BCUT2D eigenvalue weighted by molar-refractivity contribution is 9.10. The van der Waals surface area contributed by atoms with Gasteiger partial charge < -0.3 is 4.90 Å². The zero-order chi connectivity index (χ0) is 13.3. The van der Waals surface area contributed by atoms with Gasteiger partial charge >= 0.3 is 0 Å². The van der Waals surface area contributed by atoms with Crippen molar-refractivity contribution in [2.45, 2.75) is 40.5 Å². The number of nitrogens with zero attached hydrogens (tertiary/aromatic N) is 2. The average Bonchev–Trinajstić information content (AvgIpc) is 2.28. The standard InChI is InChI=1S/C15H23BrN2/c1-11-9-13(16)14(17-10-11)18-7-5-12(6-8-18)15(2,3)4/h9-10,12H,5-8H2,1-4H3. The molecular formula is C15H23BrN2. The molecule has 2 nitrogen and oxygen atoms in total. The third-order valence-electron chi connectivity index (χ3n) is 3.98. The van der Waals surface area contributed by atoms with E-state index in [1.165, 1.54) is 18.4 Å². The van der Waals surface area contributed by atoms with E-state index in [9.17, 15) is 0 Å². The first-order chi connectivity index (χ1) is 8.38. The van der Waals surface area contributed by atoms with Crippen molar-refractivity contribution in [1.29, 1.82) is 0 Å². The van der Waals surface area contributed by atoms with Crippen LogP contribution in [0.2, 0.25) is 0 Å². The fourth-order valence-corrected chi connectivity index (χ4v) is 3.43. The van der Waals surface area contributed by atoms with E-state index in [1.54, 1.807) is 0 Å². The Labute approximate surface area is 119 Å². The Balaban J connectivity index is 2.06. The van der Waals surface area contributed by atoms with Crippen molar-refractivity contribution in [2.75, 3.05) is 18.0 Å². The second-order valence-electron chi connectivity index (χ2n) is 6.45. The lowest BCUT2D eigenvalue weighted by molar-refractivity contribution is 0.198. The van der Waals surface area contributed by atoms with Crippen LogP contribution in [-0.4, -0.2) is 18.1 Å². The first-order valence-electron chi connectivity index (χ1n) is 6.75. The van der Waals surface area contributed by atoms with Gasteiger partial charge in [0.1, 0.15) is 5.82 Å². The van der Waals surface area contributed by atoms with Gasteiger partial charge in [-0.05, 0) is 58.7 Å². The van der Waals surface area contributed by atoms with E-state index < -0.39 is 0 Å². The normalized spacial score (nSPS) is 18.2. The molecule has 1 aliphatic heterocycles. The number of hydrogen-bond acceptors (Lipinski definition) is 2. The van der Waals surface area contributed by atoms with Crippen molar-refractivity contribution in [3.63, 3.8) is 0 Å². The maximum Gasteiger partial charge on any atom is 0.142 e. The number of rotatable bonds is 1. The Hall–Kier alpha value is -0.570. The molecule has 0 aromatic carbocycles. The number of hydrogen-bond donors (Lipinski definition) is 0. The number of piperidine rings is 1. The Kier molecular flexibility index (Phi) is 4.00. The zero-order valence-electron chi connectivity index (χ0n) is 11.8. The summed E-state index contributed by atoms with van der Waals surface area (Å²) in [6.45, 7) is 11.4. The van der Waals surface area contributed by atoms with E-state index in [-0.39, 0.29) is 0 Å². The van der Waals surface area contributed by atoms with Crippen molar-refractivity contribution >= 4 is 21.7 Å². The second-order valence-corrected chi connectivity index (χ2v) is 7.30. The molecule has 18 heavy (non-hydrogen) atoms. The summed E-state index contributed by atoms with van der Waals surface area (Å²) in [6, 6.07) is 2.15. The van der Waals surface area contributed by atoms with Crippen molar-refractivity contribution in [3.8, 4) is 0 Å². The minimum atomic E-state index is 0.435. The molecule has 0 radical (unpaired) electrons. The minimum Gasteiger partial charge on any atom is -0.356 e. The van der Waals surface area contributed by atoms with Crippen LogP contribution in [0, 0.1) is 18.3 Å². The molecule has 0 atom stereocenters. The van der Waals surface area contributed by atoms with E-state index in [4.69, 9.17) is 0 Å². The summed E-state index contributed by atoms with van der Waals surface area (Å²) in [5, 5.41) is 0. The van der Waals surface area contributed by atoms with Crippen LogP contribution in [0.1, 0.15) is 39.2 Å². The fraction of sp³-hybridized carbons (Fsp3) is 0.667. The van der Waals surface area contributed by atoms with Crippen LogP contribution < -0.4 is 4.90 Å². The Morgan fingerprint density at radius 2 is 1.89 bits per heavy atom. The molecule has 1 aromatic heterocycles. The highest BCUT2D eigenvalue weighted by Crippen LogP contribution is 2.36. The van der Waals surface area contributed by atoms with Gasteiger partial charge in [0.2, 0.25) is 0 Å². The number of anilines is 1. The molecule has 1 aromatic rings. The van der Waals surface area contributed by atoms with E-state index >= 15 is 0 Å². The van der Waals surface area contributed by atoms with Gasteiger partial charge in [0.25, 0.3) is 0 Å². The number of aromatic nitrogens is 1. The molecule has 2 rings (SSSR count). The highest BCUT2D eigenvalue weighted by Gasteiger charge is 2.29. The molecule has 3 heteroatoms. The molecule has 1 fully saturated rings. The summed E-state index contributed by atoms with van der Waals surface area (Å²) in [5.74, 6) is 1.94. The van der Waals surface area contributed by atoms with Crippen molar-refractivity contribution < 1.29 is 0 Å². The summed E-state index contributed by atoms with van der Waals surface area (Å²) in [6.07, 6.45) is 4.49. The molecular weight excluding hydrogens is 288 g/mol. The quantitative estimate of drug-likeness (QED) is 0.763. The Bertz CT molecular complexity index is 415. The molecule has 1 saturated heterocycles. The first-order valence-corrected chi connectivity index (χ1v) is 7.54. The number of aryl methyl sites for hydroxylation is 1. The molecule has 0 saturated carbocycles. The topological polar surface area (TPSA) is 16.1 Å². The molecule has 0 amide bonds. The molecule has 0 N–H and O–H groups in total. The number of halogens is 1. The molecule has 0 bridgehead atoms. The molecule has 2 heterocycles. The van der Waals surface area contributed by atoms with Crippen LogP contribution in [0.4, 0.5) is 5.82 Å². The fourth-order valence-electron chi connectivity index (χ4n) is 2.72. The first kappa shape index (κ1) is 13.9. The minimum absolute atomic E-state index is 0.435. The summed E-state index contributed by atoms with van der Waals surface area (Å²) < 4.78 is 1.12. The molecule has 0 spiro atoms. The van der Waals surface area contributed by atoms with Crippen molar-refractivity contribution in [1.82, 2.24) is 4.98 Å². The maximum atomic E-state index is 4.57. The SMILES string of the molecule is Cc1cnc(N2CCC(C(C)(C)C)CC2)c(Br)c1. The lowest BCUT2D eigenvalue weighted by atomic mass is 9.75. The predicted octanol–water partition coefficient (Wildman–Crippen LogP) is 4.42. The third kappa shape index (κ3) is 3.05. The average molecular weight is 311 g/mol. The van der Waals surface area contributed by atoms with E-state index in [2.05, 4.69) is 59.6 Å². The largest absolute Gasteiger partial charge is 0.356 e. The maximum absolute atomic E-state index is 4.57. The van der Waals surface area contributed by atoms with Gasteiger partial charge in [0, 0.05) is 19.3 Å². The van der Waals surface area contributed by atoms with Gasteiger partial charge in [-0.25, -0.2) is 4.98 Å². The van der Waals surface area contributed by atoms with Crippen LogP contribution in [0.25, 0.3) is 0 Å². The molecule has 0 aliphatic carbocycles. The molecule has 1 aliphatic rings. The summed E-state index contributed by atoms with van der Waals surface area (Å²) in [7, 11) is 0. The smallest absolute Gasteiger partial charge is 0.142 e. The van der Waals surface area contributed by atoms with Crippen LogP contribution >= 0.6 is 15.9 Å². The van der Waals surface area contributed by atoms with Gasteiger partial charge in [-0.3, -0.25) is 0 Å². The van der Waals surface area contributed by atoms with Crippen molar-refractivity contribution in [2.24, 2.45) is 11.3 Å². The zero-order valence-corrected chi connectivity index (χ0v) is 13.4. The van der Waals surface area contributed by atoms with Crippen molar-refractivity contribution in [3.05, 3.63) is 22.3 Å². The van der Waals surface area contributed by atoms with Gasteiger partial charge in [-0.15, -0.1) is 0 Å². The van der Waals surface area contributed by atoms with E-state index in [0.29, 0.717) is 5.41 Å². The van der Waals surface area contributed by atoms with Crippen LogP contribution in [0.5, 0.6) is 0 Å². The number of pyridine rings is 1. The summed E-state index contributed by atoms with van der Waals surface area (Å²) >= 11 is 3.63. The van der Waals surface area contributed by atoms with Gasteiger partial charge in [-0.1, -0.05) is 20.8 Å². The van der Waals surface area contributed by atoms with Crippen LogP contribution in [0.3, 0.4) is 0 Å². The van der Waals surface area contributed by atoms with Gasteiger partial charge in [-0.2, -0.15) is 0 Å². The highest BCUT2D eigenvalue weighted by atomic mass is 79.9. The Morgan fingerprint density at radius 1 is 1.28 bits per heavy atom. The van der Waals surface area contributed by atoms with Gasteiger partial charge in [0.15, 0.2) is 0 Å². The van der Waals surface area contributed by atoms with E-state index in [0.717, 1.165) is 29.3 Å². The van der Waals surface area contributed by atoms with E-state index in [1.807, 2.05) is 6.20 Å². The van der Waals surface area contributed by atoms with Crippen LogP contribution in [-0.2, 0) is 0 Å². The third-order valence-corrected chi connectivity index (χ3v) is 4.56. The second kappa shape index (κ2) is 5.20. The monoisotopic (exact) mass is 310 g/mol. The molecule has 100 valence electrons. The predicted molar refractivity (Wildman–Crippen MR) is 81.1 cm³/mol. The van der Waals surface area contributed by atoms with Crippen LogP contribution in [0.15, 0.2) is 16.7 Å². The Morgan fingerprint density at radius 3 is 2.39 bits per heavy atom.